The quantitative estimate of drug-likeness (QED) is 0.867. The van der Waals surface area contributed by atoms with Crippen molar-refractivity contribution in [1.82, 2.24) is 4.98 Å². The zero-order valence-corrected chi connectivity index (χ0v) is 10.5. The molecule has 0 aliphatic rings. The van der Waals surface area contributed by atoms with Crippen LogP contribution in [0.5, 0.6) is 0 Å². The third-order valence-corrected chi connectivity index (χ3v) is 3.96. The third kappa shape index (κ3) is 3.02. The van der Waals surface area contributed by atoms with E-state index in [2.05, 4.69) is 4.98 Å². The number of nitrogens with two attached hydrogens (primary N) is 2. The molecule has 0 aliphatic carbocycles. The first-order valence-electron chi connectivity index (χ1n) is 4.77. The molecule has 0 bridgehead atoms. The molecule has 0 atom stereocenters. The van der Waals surface area contributed by atoms with Crippen LogP contribution in [0.1, 0.15) is 10.4 Å². The van der Waals surface area contributed by atoms with E-state index in [1.165, 1.54) is 23.5 Å². The number of rotatable bonds is 3. The summed E-state index contributed by atoms with van der Waals surface area (Å²) < 4.78 is 22.1. The summed E-state index contributed by atoms with van der Waals surface area (Å²) in [6.07, 6.45) is 2.40. The number of benzene rings is 1. The van der Waals surface area contributed by atoms with E-state index in [-0.39, 0.29) is 4.90 Å². The molecule has 2 rings (SSSR count). The number of nitrogens with zero attached hydrogens (tertiary/aromatic N) is 1. The summed E-state index contributed by atoms with van der Waals surface area (Å²) in [6.45, 7) is 0. The van der Waals surface area contributed by atoms with Crippen molar-refractivity contribution in [2.24, 2.45) is 5.14 Å². The van der Waals surface area contributed by atoms with Crippen molar-refractivity contribution < 1.29 is 8.42 Å². The maximum Gasteiger partial charge on any atom is 0.238 e. The average Bonchev–Trinajstić information content (AvgIpc) is 2.63. The van der Waals surface area contributed by atoms with Gasteiger partial charge in [-0.15, -0.1) is 11.3 Å². The van der Waals surface area contributed by atoms with Gasteiger partial charge in [0.2, 0.25) is 10.0 Å². The van der Waals surface area contributed by atoms with Gasteiger partial charge in [0.25, 0.3) is 0 Å². The Hall–Kier alpha value is -1.44. The summed E-state index contributed by atoms with van der Waals surface area (Å²) in [7, 11) is -3.62. The van der Waals surface area contributed by atoms with Gasteiger partial charge in [0.15, 0.2) is 5.13 Å². The monoisotopic (exact) mass is 269 g/mol. The largest absolute Gasteiger partial charge is 0.375 e. The lowest BCUT2D eigenvalue weighted by Crippen LogP contribution is -2.11. The van der Waals surface area contributed by atoms with Crippen LogP contribution in [-0.4, -0.2) is 13.4 Å². The Balaban J connectivity index is 2.19. The molecule has 2 aromatic rings. The molecular formula is C10H11N3O2S2. The number of primary sulfonamides is 1. The summed E-state index contributed by atoms with van der Waals surface area (Å²) in [5.74, 6) is 0. The third-order valence-electron chi connectivity index (χ3n) is 2.20. The molecule has 0 saturated heterocycles. The molecule has 7 heteroatoms. The van der Waals surface area contributed by atoms with Gasteiger partial charge in [-0.05, 0) is 17.7 Å². The molecule has 0 saturated carbocycles. The number of hydrogen-bond donors (Lipinski definition) is 2. The minimum absolute atomic E-state index is 0.116. The van der Waals surface area contributed by atoms with Crippen molar-refractivity contribution in [3.8, 4) is 0 Å². The minimum atomic E-state index is -3.62. The fourth-order valence-corrected chi connectivity index (χ4v) is 2.64. The highest BCUT2D eigenvalue weighted by Crippen LogP contribution is 2.19. The van der Waals surface area contributed by atoms with E-state index in [1.807, 2.05) is 0 Å². The summed E-state index contributed by atoms with van der Waals surface area (Å²) in [4.78, 5) is 5.10. The topological polar surface area (TPSA) is 99.1 Å². The maximum atomic E-state index is 11.1. The highest BCUT2D eigenvalue weighted by Gasteiger charge is 2.07. The second kappa shape index (κ2) is 4.44. The standard InChI is InChI=1S/C10H11N3O2S2/c11-10-13-6-8(16-10)5-7-1-3-9(4-2-7)17(12,14)15/h1-4,6H,5H2,(H2,11,13)(H2,12,14,15). The van der Waals surface area contributed by atoms with E-state index in [0.29, 0.717) is 11.6 Å². The lowest BCUT2D eigenvalue weighted by Gasteiger charge is -2.00. The van der Waals surface area contributed by atoms with E-state index in [9.17, 15) is 8.42 Å². The van der Waals surface area contributed by atoms with Gasteiger partial charge in [-0.1, -0.05) is 12.1 Å². The second-order valence-electron chi connectivity index (χ2n) is 3.53. The Morgan fingerprint density at radius 1 is 1.24 bits per heavy atom. The van der Waals surface area contributed by atoms with Crippen LogP contribution in [0.15, 0.2) is 35.4 Å². The van der Waals surface area contributed by atoms with Crippen molar-refractivity contribution in [3.05, 3.63) is 40.9 Å². The Bertz CT molecular complexity index is 617. The molecule has 4 N–H and O–H groups in total. The molecule has 0 unspecified atom stereocenters. The van der Waals surface area contributed by atoms with Gasteiger partial charge in [-0.3, -0.25) is 0 Å². The van der Waals surface area contributed by atoms with Crippen LogP contribution >= 0.6 is 11.3 Å². The molecule has 17 heavy (non-hydrogen) atoms. The average molecular weight is 269 g/mol. The molecular weight excluding hydrogens is 258 g/mol. The molecule has 0 amide bonds. The predicted molar refractivity (Wildman–Crippen MR) is 67.1 cm³/mol. The number of thiazole rings is 1. The Labute approximate surface area is 103 Å². The Morgan fingerprint density at radius 3 is 2.35 bits per heavy atom. The first-order chi connectivity index (χ1) is 7.95. The number of hydrogen-bond acceptors (Lipinski definition) is 5. The van der Waals surface area contributed by atoms with E-state index in [0.717, 1.165) is 10.4 Å². The van der Waals surface area contributed by atoms with Crippen LogP contribution in [0.2, 0.25) is 0 Å². The maximum absolute atomic E-state index is 11.1. The first kappa shape index (κ1) is 12.0. The molecule has 0 fully saturated rings. The molecule has 0 radical (unpaired) electrons. The molecule has 0 aliphatic heterocycles. The van der Waals surface area contributed by atoms with Gasteiger partial charge in [-0.2, -0.15) is 0 Å². The van der Waals surface area contributed by atoms with Crippen LogP contribution in [0.3, 0.4) is 0 Å². The smallest absolute Gasteiger partial charge is 0.238 e. The summed E-state index contributed by atoms with van der Waals surface area (Å²) in [5.41, 5.74) is 6.51. The Morgan fingerprint density at radius 2 is 1.88 bits per heavy atom. The highest BCUT2D eigenvalue weighted by molar-refractivity contribution is 7.89. The van der Waals surface area contributed by atoms with Crippen molar-refractivity contribution >= 4 is 26.5 Å². The van der Waals surface area contributed by atoms with Gasteiger partial charge < -0.3 is 5.73 Å². The van der Waals surface area contributed by atoms with Gasteiger partial charge in [-0.25, -0.2) is 18.5 Å². The summed E-state index contributed by atoms with van der Waals surface area (Å²) in [6, 6.07) is 6.45. The van der Waals surface area contributed by atoms with Crippen LogP contribution in [-0.2, 0) is 16.4 Å². The lowest BCUT2D eigenvalue weighted by atomic mass is 10.1. The summed E-state index contributed by atoms with van der Waals surface area (Å²) >= 11 is 1.42. The van der Waals surface area contributed by atoms with Crippen LogP contribution in [0.25, 0.3) is 0 Å². The second-order valence-corrected chi connectivity index (χ2v) is 6.24. The molecule has 0 spiro atoms. The van der Waals surface area contributed by atoms with E-state index < -0.39 is 10.0 Å². The van der Waals surface area contributed by atoms with E-state index in [1.54, 1.807) is 18.3 Å². The zero-order valence-electron chi connectivity index (χ0n) is 8.83. The number of anilines is 1. The lowest BCUT2D eigenvalue weighted by molar-refractivity contribution is 0.598. The SMILES string of the molecule is Nc1ncc(Cc2ccc(S(N)(=O)=O)cc2)s1. The molecule has 1 heterocycles. The van der Waals surface area contributed by atoms with Crippen LogP contribution in [0.4, 0.5) is 5.13 Å². The molecule has 1 aromatic carbocycles. The first-order valence-corrected chi connectivity index (χ1v) is 7.13. The van der Waals surface area contributed by atoms with Gasteiger partial charge in [0, 0.05) is 17.5 Å². The number of sulfonamides is 1. The van der Waals surface area contributed by atoms with Crippen molar-refractivity contribution in [3.63, 3.8) is 0 Å². The summed E-state index contributed by atoms with van der Waals surface area (Å²) in [5, 5.41) is 5.54. The van der Waals surface area contributed by atoms with E-state index in [4.69, 9.17) is 10.9 Å². The van der Waals surface area contributed by atoms with Crippen LogP contribution in [0, 0.1) is 0 Å². The van der Waals surface area contributed by atoms with Crippen molar-refractivity contribution in [1.29, 1.82) is 0 Å². The van der Waals surface area contributed by atoms with Gasteiger partial charge in [0.1, 0.15) is 0 Å². The zero-order chi connectivity index (χ0) is 12.5. The number of aromatic nitrogens is 1. The highest BCUT2D eigenvalue weighted by atomic mass is 32.2. The fourth-order valence-electron chi connectivity index (χ4n) is 1.40. The Kier molecular flexibility index (Phi) is 3.14. The minimum Gasteiger partial charge on any atom is -0.375 e. The fraction of sp³-hybridized carbons (Fsp3) is 0.100. The van der Waals surface area contributed by atoms with Gasteiger partial charge in [0.05, 0.1) is 4.90 Å². The van der Waals surface area contributed by atoms with Crippen molar-refractivity contribution in [2.45, 2.75) is 11.3 Å². The molecule has 90 valence electrons. The van der Waals surface area contributed by atoms with Gasteiger partial charge >= 0.3 is 0 Å². The normalized spacial score (nSPS) is 11.6. The van der Waals surface area contributed by atoms with Crippen LogP contribution < -0.4 is 10.9 Å². The predicted octanol–water partition coefficient (Wildman–Crippen LogP) is 0.964. The number of nitrogen functional groups attached to an aromatic ring is 1. The molecule has 5 nitrogen and oxygen atoms in total. The van der Waals surface area contributed by atoms with E-state index >= 15 is 0 Å². The van der Waals surface area contributed by atoms with Crippen molar-refractivity contribution in [2.75, 3.05) is 5.73 Å². The molecule has 1 aromatic heterocycles.